The Hall–Kier alpha value is -2.18. The fourth-order valence-corrected chi connectivity index (χ4v) is 4.17. The normalized spacial score (nSPS) is 22.6. The molecule has 1 aromatic carbocycles. The van der Waals surface area contributed by atoms with Gasteiger partial charge in [0, 0.05) is 29.6 Å². The molecule has 4 rings (SSSR count). The molecule has 0 saturated carbocycles. The monoisotopic (exact) mass is 356 g/mol. The van der Waals surface area contributed by atoms with Crippen molar-refractivity contribution in [2.45, 2.75) is 18.5 Å². The second kappa shape index (κ2) is 6.61. The fraction of sp³-hybridized carbons (Fsp3) is 0.316. The predicted molar refractivity (Wildman–Crippen MR) is 103 cm³/mol. The highest BCUT2D eigenvalue weighted by Crippen LogP contribution is 2.35. The summed E-state index contributed by atoms with van der Waals surface area (Å²) in [5, 5.41) is 3.05. The Bertz CT molecular complexity index is 899. The van der Waals surface area contributed by atoms with Crippen LogP contribution in [-0.2, 0) is 0 Å². The Morgan fingerprint density at radius 2 is 2.28 bits per heavy atom. The van der Waals surface area contributed by atoms with Crippen molar-refractivity contribution < 1.29 is 4.39 Å². The maximum Gasteiger partial charge on any atom is 0.141 e. The number of H-pyrrole nitrogens is 1. The lowest BCUT2D eigenvalue weighted by molar-refractivity contribution is 0.140. The molecular weight excluding hydrogens is 335 g/mol. The van der Waals surface area contributed by atoms with Gasteiger partial charge in [-0.3, -0.25) is 0 Å². The number of amidine groups is 1. The van der Waals surface area contributed by atoms with Crippen LogP contribution in [0.2, 0.25) is 0 Å². The minimum atomic E-state index is -0.829. The molecule has 25 heavy (non-hydrogen) atoms. The lowest BCUT2D eigenvalue weighted by atomic mass is 9.88. The summed E-state index contributed by atoms with van der Waals surface area (Å²) in [7, 11) is 1.97. The van der Waals surface area contributed by atoms with Crippen molar-refractivity contribution in [2.24, 2.45) is 10.7 Å². The largest absolute Gasteiger partial charge is 0.383 e. The van der Waals surface area contributed by atoms with E-state index in [4.69, 9.17) is 5.73 Å². The van der Waals surface area contributed by atoms with Gasteiger partial charge < -0.3 is 15.6 Å². The molecular formula is C19H21FN4S. The van der Waals surface area contributed by atoms with E-state index in [1.807, 2.05) is 49.0 Å². The van der Waals surface area contributed by atoms with Crippen LogP contribution in [-0.4, -0.2) is 42.0 Å². The van der Waals surface area contributed by atoms with Crippen LogP contribution in [0.1, 0.15) is 22.8 Å². The van der Waals surface area contributed by atoms with Gasteiger partial charge in [0.15, 0.2) is 0 Å². The van der Waals surface area contributed by atoms with Crippen LogP contribution in [0.4, 0.5) is 10.1 Å². The van der Waals surface area contributed by atoms with Crippen LogP contribution in [0.3, 0.4) is 0 Å². The lowest BCUT2D eigenvalue weighted by Gasteiger charge is -2.32. The quantitative estimate of drug-likeness (QED) is 0.550. The van der Waals surface area contributed by atoms with Crippen molar-refractivity contribution in [3.63, 3.8) is 0 Å². The van der Waals surface area contributed by atoms with Gasteiger partial charge in [-0.1, -0.05) is 12.1 Å². The number of hydrogen-bond acceptors (Lipinski definition) is 3. The van der Waals surface area contributed by atoms with Gasteiger partial charge in [-0.15, -0.1) is 11.3 Å². The number of thiophene rings is 1. The van der Waals surface area contributed by atoms with Crippen LogP contribution in [0, 0.1) is 0 Å². The average Bonchev–Trinajstić information content (AvgIpc) is 3.24. The summed E-state index contributed by atoms with van der Waals surface area (Å²) in [6.45, 7) is 1.43. The number of nitrogens with one attached hydrogen (secondary N) is 1. The van der Waals surface area contributed by atoms with Gasteiger partial charge in [-0.25, -0.2) is 9.38 Å². The van der Waals surface area contributed by atoms with Gasteiger partial charge in [0.2, 0.25) is 0 Å². The van der Waals surface area contributed by atoms with Crippen molar-refractivity contribution in [3.05, 3.63) is 52.3 Å². The van der Waals surface area contributed by atoms with Crippen LogP contribution in [0.15, 0.2) is 46.9 Å². The molecule has 6 heteroatoms. The number of aromatic amines is 1. The summed E-state index contributed by atoms with van der Waals surface area (Å²) in [4.78, 5) is 10.8. The Labute approximate surface area is 150 Å². The van der Waals surface area contributed by atoms with Crippen LogP contribution >= 0.6 is 11.3 Å². The van der Waals surface area contributed by atoms with E-state index in [2.05, 4.69) is 14.9 Å². The molecule has 0 unspecified atom stereocenters. The van der Waals surface area contributed by atoms with E-state index in [0.29, 0.717) is 12.4 Å². The number of aromatic nitrogens is 1. The summed E-state index contributed by atoms with van der Waals surface area (Å²) >= 11 is 1.57. The van der Waals surface area contributed by atoms with Crippen LogP contribution in [0.25, 0.3) is 10.9 Å². The number of fused-ring (bicyclic) bond motifs is 1. The molecule has 0 aliphatic carbocycles. The van der Waals surface area contributed by atoms with E-state index < -0.39 is 6.17 Å². The molecule has 2 atom stereocenters. The number of hydrogen-bond donors (Lipinski definition) is 2. The summed E-state index contributed by atoms with van der Waals surface area (Å²) in [5.41, 5.74) is 8.90. The molecule has 1 aliphatic rings. The van der Waals surface area contributed by atoms with E-state index >= 15 is 0 Å². The van der Waals surface area contributed by atoms with E-state index in [1.54, 1.807) is 11.3 Å². The van der Waals surface area contributed by atoms with Gasteiger partial charge in [-0.2, -0.15) is 0 Å². The summed E-state index contributed by atoms with van der Waals surface area (Å²) in [6.07, 6.45) is 1.96. The predicted octanol–water partition coefficient (Wildman–Crippen LogP) is 4.02. The van der Waals surface area contributed by atoms with Crippen LogP contribution < -0.4 is 5.73 Å². The van der Waals surface area contributed by atoms with Crippen molar-refractivity contribution >= 4 is 33.8 Å². The van der Waals surface area contributed by atoms with Crippen molar-refractivity contribution in [2.75, 3.05) is 20.1 Å². The van der Waals surface area contributed by atoms with Crippen molar-refractivity contribution in [3.8, 4) is 0 Å². The number of aliphatic imine (C=N–C) groups is 1. The first-order chi connectivity index (χ1) is 12.1. The molecule has 3 N–H and O–H groups in total. The second-order valence-electron chi connectivity index (χ2n) is 6.62. The standard InChI is InChI=1S/C19H21FN4S/c1-24-7-6-13(16(20)11-24)15-10-22-17-9-12(4-5-14(15)17)23-19(21)18-3-2-8-25-18/h2-5,8-10,13,16,22H,6-7,11H2,1H3,(H2,21,23)/t13-,16+/m0/s1. The topological polar surface area (TPSA) is 57.4 Å². The number of nitrogens with two attached hydrogens (primary N) is 1. The SMILES string of the molecule is CN1CC[C@@H](c2c[nH]c3cc(N=C(N)c4cccs4)ccc23)[C@H](F)C1. The number of benzene rings is 1. The highest BCUT2D eigenvalue weighted by molar-refractivity contribution is 7.12. The fourth-order valence-electron chi connectivity index (χ4n) is 3.54. The third kappa shape index (κ3) is 3.19. The number of piperidine rings is 1. The minimum absolute atomic E-state index is 0.0458. The molecule has 0 amide bonds. The van der Waals surface area contributed by atoms with E-state index in [-0.39, 0.29) is 5.92 Å². The zero-order valence-corrected chi connectivity index (χ0v) is 14.9. The average molecular weight is 356 g/mol. The van der Waals surface area contributed by atoms with E-state index in [0.717, 1.165) is 40.0 Å². The van der Waals surface area contributed by atoms with Gasteiger partial charge in [0.05, 0.1) is 10.6 Å². The molecule has 1 aliphatic heterocycles. The zero-order valence-electron chi connectivity index (χ0n) is 14.1. The number of likely N-dealkylation sites (tertiary alicyclic amines) is 1. The van der Waals surface area contributed by atoms with Crippen molar-refractivity contribution in [1.29, 1.82) is 0 Å². The lowest BCUT2D eigenvalue weighted by Crippen LogP contribution is -2.38. The third-order valence-electron chi connectivity index (χ3n) is 4.86. The van der Waals surface area contributed by atoms with Crippen LogP contribution in [0.5, 0.6) is 0 Å². The zero-order chi connectivity index (χ0) is 17.4. The molecule has 0 bridgehead atoms. The molecule has 0 radical (unpaired) electrons. The Kier molecular flexibility index (Phi) is 4.31. The highest BCUT2D eigenvalue weighted by Gasteiger charge is 2.30. The Balaban J connectivity index is 1.64. The maximum atomic E-state index is 14.5. The summed E-state index contributed by atoms with van der Waals surface area (Å²) < 4.78 is 14.5. The molecule has 1 saturated heterocycles. The molecule has 4 nitrogen and oxygen atoms in total. The van der Waals surface area contributed by atoms with Gasteiger partial charge in [0.1, 0.15) is 12.0 Å². The summed E-state index contributed by atoms with van der Waals surface area (Å²) in [6, 6.07) is 9.85. The number of alkyl halides is 1. The van der Waals surface area contributed by atoms with E-state index in [1.165, 1.54) is 0 Å². The number of nitrogens with zero attached hydrogens (tertiary/aromatic N) is 2. The number of halogens is 1. The van der Waals surface area contributed by atoms with Gasteiger partial charge in [-0.05, 0) is 49.2 Å². The highest BCUT2D eigenvalue weighted by atomic mass is 32.1. The third-order valence-corrected chi connectivity index (χ3v) is 5.76. The smallest absolute Gasteiger partial charge is 0.141 e. The first kappa shape index (κ1) is 16.3. The molecule has 2 aromatic heterocycles. The van der Waals surface area contributed by atoms with Gasteiger partial charge in [0.25, 0.3) is 0 Å². The molecule has 3 aromatic rings. The maximum absolute atomic E-state index is 14.5. The minimum Gasteiger partial charge on any atom is -0.383 e. The molecule has 3 heterocycles. The van der Waals surface area contributed by atoms with Gasteiger partial charge >= 0.3 is 0 Å². The Morgan fingerprint density at radius 1 is 1.40 bits per heavy atom. The van der Waals surface area contributed by atoms with E-state index in [9.17, 15) is 4.39 Å². The molecule has 1 fully saturated rings. The molecule has 130 valence electrons. The molecule has 0 spiro atoms. The number of rotatable bonds is 3. The second-order valence-corrected chi connectivity index (χ2v) is 7.57. The van der Waals surface area contributed by atoms with Crippen molar-refractivity contribution in [1.82, 2.24) is 9.88 Å². The summed E-state index contributed by atoms with van der Waals surface area (Å²) in [5.74, 6) is 0.468. The first-order valence-electron chi connectivity index (χ1n) is 8.43. The Morgan fingerprint density at radius 3 is 3.04 bits per heavy atom. The first-order valence-corrected chi connectivity index (χ1v) is 9.31.